The van der Waals surface area contributed by atoms with Gasteiger partial charge in [0.1, 0.15) is 0 Å². The zero-order valence-electron chi connectivity index (χ0n) is 17.5. The van der Waals surface area contributed by atoms with Gasteiger partial charge in [-0.3, -0.25) is 4.79 Å². The molecule has 0 aliphatic heterocycles. The molecule has 0 amide bonds. The first-order valence-electron chi connectivity index (χ1n) is 9.48. The maximum Gasteiger partial charge on any atom is 0.330 e. The van der Waals surface area contributed by atoms with Gasteiger partial charge in [0.05, 0.1) is 13.2 Å². The molecule has 26 heavy (non-hydrogen) atoms. The monoisotopic (exact) mass is 366 g/mol. The highest BCUT2D eigenvalue weighted by molar-refractivity contribution is 5.81. The third-order valence-corrected chi connectivity index (χ3v) is 4.40. The minimum atomic E-state index is -0.273. The number of rotatable bonds is 11. The summed E-state index contributed by atoms with van der Waals surface area (Å²) in [5.74, 6) is 1.31. The lowest BCUT2D eigenvalue weighted by molar-refractivity contribution is -0.143. The van der Waals surface area contributed by atoms with Gasteiger partial charge in [0.25, 0.3) is 0 Å². The molecule has 0 radical (unpaired) electrons. The van der Waals surface area contributed by atoms with Crippen molar-refractivity contribution in [3.8, 4) is 0 Å². The second-order valence-corrected chi connectivity index (χ2v) is 6.48. The molecule has 0 aromatic carbocycles. The summed E-state index contributed by atoms with van der Waals surface area (Å²) in [6, 6.07) is 0. The second kappa shape index (κ2) is 16.6. The van der Waals surface area contributed by atoms with Crippen molar-refractivity contribution >= 4 is 11.9 Å². The van der Waals surface area contributed by atoms with Crippen molar-refractivity contribution in [2.24, 2.45) is 23.7 Å². The fourth-order valence-corrected chi connectivity index (χ4v) is 1.88. The van der Waals surface area contributed by atoms with E-state index in [1.165, 1.54) is 6.08 Å². The van der Waals surface area contributed by atoms with E-state index < -0.39 is 0 Å². The van der Waals surface area contributed by atoms with Gasteiger partial charge < -0.3 is 9.47 Å². The first-order chi connectivity index (χ1) is 12.2. The van der Waals surface area contributed by atoms with Gasteiger partial charge in [0.15, 0.2) is 0 Å². The van der Waals surface area contributed by atoms with Crippen LogP contribution >= 0.6 is 0 Å². The molecule has 0 unspecified atom stereocenters. The Morgan fingerprint density at radius 2 is 1.42 bits per heavy atom. The lowest BCUT2D eigenvalue weighted by Crippen LogP contribution is -2.10. The zero-order valence-corrected chi connectivity index (χ0v) is 17.5. The first-order valence-corrected chi connectivity index (χ1v) is 9.48. The number of allylic oxidation sites excluding steroid dienone is 3. The van der Waals surface area contributed by atoms with Crippen LogP contribution < -0.4 is 0 Å². The summed E-state index contributed by atoms with van der Waals surface area (Å²) < 4.78 is 9.59. The summed E-state index contributed by atoms with van der Waals surface area (Å²) >= 11 is 0. The largest absolute Gasteiger partial charge is 0.466 e. The third-order valence-electron chi connectivity index (χ3n) is 4.40. The molecule has 0 aliphatic rings. The van der Waals surface area contributed by atoms with Gasteiger partial charge in [0, 0.05) is 12.5 Å². The molecule has 0 heterocycles. The van der Waals surface area contributed by atoms with E-state index in [9.17, 15) is 9.59 Å². The average molecular weight is 367 g/mol. The number of carbonyl (C=O) groups excluding carboxylic acids is 2. The van der Waals surface area contributed by atoms with Crippen LogP contribution in [-0.2, 0) is 19.1 Å². The SMILES string of the molecule is C=C[C@H](C)[C@@H](C)/C=C/C(=O)OCC.C=C[C@H](C)[C@@H](C)CCC(=O)OCC. The smallest absolute Gasteiger partial charge is 0.330 e. The lowest BCUT2D eigenvalue weighted by Gasteiger charge is -2.15. The van der Waals surface area contributed by atoms with Crippen molar-refractivity contribution in [1.82, 2.24) is 0 Å². The van der Waals surface area contributed by atoms with Crippen LogP contribution in [0.2, 0.25) is 0 Å². The van der Waals surface area contributed by atoms with Gasteiger partial charge in [-0.15, -0.1) is 13.2 Å². The fourth-order valence-electron chi connectivity index (χ4n) is 1.88. The van der Waals surface area contributed by atoms with Crippen LogP contribution in [0.3, 0.4) is 0 Å². The second-order valence-electron chi connectivity index (χ2n) is 6.48. The van der Waals surface area contributed by atoms with E-state index in [4.69, 9.17) is 9.47 Å². The number of hydrogen-bond donors (Lipinski definition) is 0. The van der Waals surface area contributed by atoms with E-state index in [0.29, 0.717) is 43.3 Å². The van der Waals surface area contributed by atoms with E-state index in [2.05, 4.69) is 33.9 Å². The molecule has 0 bridgehead atoms. The van der Waals surface area contributed by atoms with Gasteiger partial charge in [-0.05, 0) is 43.9 Å². The molecule has 150 valence electrons. The topological polar surface area (TPSA) is 52.6 Å². The summed E-state index contributed by atoms with van der Waals surface area (Å²) in [5, 5.41) is 0. The van der Waals surface area contributed by atoms with Crippen molar-refractivity contribution in [2.75, 3.05) is 13.2 Å². The molecule has 0 rings (SSSR count). The molecular formula is C22H38O4. The predicted octanol–water partition coefficient (Wildman–Crippen LogP) is 5.35. The highest BCUT2D eigenvalue weighted by atomic mass is 16.5. The van der Waals surface area contributed by atoms with Crippen molar-refractivity contribution in [3.63, 3.8) is 0 Å². The maximum absolute atomic E-state index is 11.0. The average Bonchev–Trinajstić information content (AvgIpc) is 2.63. The summed E-state index contributed by atoms with van der Waals surface area (Å²) in [5.41, 5.74) is 0. The van der Waals surface area contributed by atoms with Crippen LogP contribution in [0, 0.1) is 23.7 Å². The van der Waals surface area contributed by atoms with E-state index >= 15 is 0 Å². The molecule has 0 saturated heterocycles. The fraction of sp³-hybridized carbons (Fsp3) is 0.636. The van der Waals surface area contributed by atoms with E-state index in [1.807, 2.05) is 32.1 Å². The number of ether oxygens (including phenoxy) is 2. The molecule has 0 aromatic heterocycles. The molecule has 0 spiro atoms. The molecular weight excluding hydrogens is 328 g/mol. The Morgan fingerprint density at radius 3 is 1.88 bits per heavy atom. The van der Waals surface area contributed by atoms with Crippen molar-refractivity contribution in [1.29, 1.82) is 0 Å². The quantitative estimate of drug-likeness (QED) is 0.281. The Labute approximate surface area is 160 Å². The molecule has 0 N–H and O–H groups in total. The molecule has 0 aliphatic carbocycles. The van der Waals surface area contributed by atoms with E-state index in [-0.39, 0.29) is 11.9 Å². The van der Waals surface area contributed by atoms with Crippen LogP contribution in [0.25, 0.3) is 0 Å². The molecule has 0 aromatic rings. The van der Waals surface area contributed by atoms with Crippen LogP contribution in [0.1, 0.15) is 54.4 Å². The van der Waals surface area contributed by atoms with Crippen molar-refractivity contribution in [3.05, 3.63) is 37.5 Å². The van der Waals surface area contributed by atoms with Gasteiger partial charge in [-0.2, -0.15) is 0 Å². The molecule has 0 fully saturated rings. The summed E-state index contributed by atoms with van der Waals surface area (Å²) in [6.45, 7) is 20.3. The number of hydrogen-bond acceptors (Lipinski definition) is 4. The standard InChI is InChI=1S/C11H20O2.C11H18O2/c2*1-5-9(3)10(4)7-8-11(12)13-6-2/h5,9-10H,1,6-8H2,2-4H3;5,7-10H,1,6H2,2-4H3/b;8-7+/t2*9-,10-/m00/s1. The van der Waals surface area contributed by atoms with Gasteiger partial charge in [-0.25, -0.2) is 4.79 Å². The third kappa shape index (κ3) is 14.5. The van der Waals surface area contributed by atoms with E-state index in [1.54, 1.807) is 6.92 Å². The normalized spacial score (nSPS) is 15.0. The summed E-state index contributed by atoms with van der Waals surface area (Å²) in [4.78, 5) is 21.9. The molecule has 0 saturated carbocycles. The van der Waals surface area contributed by atoms with Gasteiger partial charge in [0.2, 0.25) is 0 Å². The molecule has 4 nitrogen and oxygen atoms in total. The molecule has 4 atom stereocenters. The van der Waals surface area contributed by atoms with Crippen molar-refractivity contribution < 1.29 is 19.1 Å². The Morgan fingerprint density at radius 1 is 0.885 bits per heavy atom. The summed E-state index contributed by atoms with van der Waals surface area (Å²) in [6.07, 6.45) is 8.54. The molecule has 4 heteroatoms. The number of carbonyl (C=O) groups is 2. The Hall–Kier alpha value is -1.84. The van der Waals surface area contributed by atoms with Crippen LogP contribution in [0.5, 0.6) is 0 Å². The van der Waals surface area contributed by atoms with Crippen LogP contribution in [-0.4, -0.2) is 25.2 Å². The Bertz CT molecular complexity index is 439. The minimum Gasteiger partial charge on any atom is -0.466 e. The lowest BCUT2D eigenvalue weighted by atomic mass is 9.92. The minimum absolute atomic E-state index is 0.0920. The van der Waals surface area contributed by atoms with Crippen LogP contribution in [0.15, 0.2) is 37.5 Å². The highest BCUT2D eigenvalue weighted by Gasteiger charge is 2.11. The Kier molecular flexibility index (Phi) is 16.9. The van der Waals surface area contributed by atoms with E-state index in [0.717, 1.165) is 6.42 Å². The predicted molar refractivity (Wildman–Crippen MR) is 109 cm³/mol. The van der Waals surface area contributed by atoms with Gasteiger partial charge >= 0.3 is 11.9 Å². The van der Waals surface area contributed by atoms with Crippen LogP contribution in [0.4, 0.5) is 0 Å². The summed E-state index contributed by atoms with van der Waals surface area (Å²) in [7, 11) is 0. The van der Waals surface area contributed by atoms with Crippen molar-refractivity contribution in [2.45, 2.75) is 54.4 Å². The first kappa shape index (κ1) is 26.4. The maximum atomic E-state index is 11.0. The zero-order chi connectivity index (χ0) is 20.5. The number of esters is 2. The highest BCUT2D eigenvalue weighted by Crippen LogP contribution is 2.17. The Balaban J connectivity index is 0. The van der Waals surface area contributed by atoms with Gasteiger partial charge in [-0.1, -0.05) is 45.9 Å².